The maximum atomic E-state index is 12.4. The third-order valence-corrected chi connectivity index (χ3v) is 2.55. The van der Waals surface area contributed by atoms with E-state index in [1.54, 1.807) is 0 Å². The van der Waals surface area contributed by atoms with Gasteiger partial charge in [0.1, 0.15) is 0 Å². The lowest BCUT2D eigenvalue weighted by Crippen LogP contribution is -3.00. The van der Waals surface area contributed by atoms with Gasteiger partial charge < -0.3 is 23.5 Å². The summed E-state index contributed by atoms with van der Waals surface area (Å²) in [5.41, 5.74) is 4.25. The van der Waals surface area contributed by atoms with Gasteiger partial charge in [0.25, 0.3) is 0 Å². The summed E-state index contributed by atoms with van der Waals surface area (Å²) in [5, 5.41) is 8.97. The highest BCUT2D eigenvalue weighted by Crippen LogP contribution is 2.30. The van der Waals surface area contributed by atoms with Gasteiger partial charge >= 0.3 is 6.18 Å². The van der Waals surface area contributed by atoms with Gasteiger partial charge in [-0.05, 0) is 18.2 Å². The van der Waals surface area contributed by atoms with Crippen LogP contribution in [0.15, 0.2) is 24.3 Å². The fourth-order valence-corrected chi connectivity index (χ4v) is 1.47. The molecular weight excluding hydrogens is 303 g/mol. The van der Waals surface area contributed by atoms with E-state index >= 15 is 0 Å². The number of nitrogens with two attached hydrogens (primary N) is 1. The first-order valence-electron chi connectivity index (χ1n) is 4.73. The number of hydrogen-bond donors (Lipinski definition) is 3. The average molecular weight is 313 g/mol. The quantitative estimate of drug-likeness (QED) is 0.509. The van der Waals surface area contributed by atoms with E-state index in [0.717, 1.165) is 23.9 Å². The Bertz CT molecular complexity index is 468. The van der Waals surface area contributed by atoms with Crippen molar-refractivity contribution in [3.8, 4) is 0 Å². The van der Waals surface area contributed by atoms with E-state index in [4.69, 9.17) is 11.1 Å². The summed E-state index contributed by atoms with van der Waals surface area (Å²) in [4.78, 5) is 11.3. The summed E-state index contributed by atoms with van der Waals surface area (Å²) in [6.07, 6.45) is -4.45. The molecule has 0 aliphatic rings. The molecule has 0 spiro atoms. The maximum Gasteiger partial charge on any atom is 0.416 e. The van der Waals surface area contributed by atoms with Gasteiger partial charge in [0.05, 0.1) is 11.3 Å². The van der Waals surface area contributed by atoms with Crippen molar-refractivity contribution in [1.29, 1.82) is 5.41 Å². The zero-order valence-electron chi connectivity index (χ0n) is 9.42. The molecule has 0 saturated carbocycles. The van der Waals surface area contributed by atoms with Crippen LogP contribution in [-0.4, -0.2) is 16.8 Å². The molecule has 1 aromatic carbocycles. The molecule has 1 amide bonds. The first-order valence-corrected chi connectivity index (χ1v) is 5.71. The zero-order valence-corrected chi connectivity index (χ0v) is 11.0. The number of amides is 1. The topological polar surface area (TPSA) is 79.0 Å². The monoisotopic (exact) mass is 312 g/mol. The van der Waals surface area contributed by atoms with Gasteiger partial charge in [0, 0.05) is 5.69 Å². The van der Waals surface area contributed by atoms with Crippen molar-refractivity contribution >= 4 is 28.5 Å². The second-order valence-electron chi connectivity index (χ2n) is 3.28. The van der Waals surface area contributed by atoms with E-state index in [-0.39, 0.29) is 29.0 Å². The summed E-state index contributed by atoms with van der Waals surface area (Å²) in [6.45, 7) is 0. The van der Waals surface area contributed by atoms with Crippen LogP contribution in [0.4, 0.5) is 18.9 Å². The van der Waals surface area contributed by atoms with Crippen LogP contribution in [-0.2, 0) is 11.0 Å². The third kappa shape index (κ3) is 6.35. The molecule has 4 N–H and O–H groups in total. The minimum Gasteiger partial charge on any atom is -1.00 e. The largest absolute Gasteiger partial charge is 1.00 e. The first kappa shape index (κ1) is 17.6. The van der Waals surface area contributed by atoms with Gasteiger partial charge in [-0.2, -0.15) is 13.2 Å². The van der Waals surface area contributed by atoms with Gasteiger partial charge in [-0.3, -0.25) is 10.2 Å². The molecule has 0 aliphatic carbocycles. The Morgan fingerprint density at radius 2 is 2.05 bits per heavy atom. The number of nitrogens with one attached hydrogen (secondary N) is 2. The van der Waals surface area contributed by atoms with Crippen LogP contribution >= 0.6 is 11.8 Å². The van der Waals surface area contributed by atoms with Crippen molar-refractivity contribution in [2.24, 2.45) is 5.73 Å². The van der Waals surface area contributed by atoms with E-state index in [1.165, 1.54) is 12.1 Å². The standard InChI is InChI=1S/C10H10F3N3OS.ClH/c11-10(12,13)6-2-1-3-7(4-6)16-8(17)5-18-9(14)15;/h1-4H,5H2,(H3,14,15)(H,16,17);1H/p-1. The molecule has 0 heterocycles. The number of rotatable bonds is 3. The lowest BCUT2D eigenvalue weighted by Gasteiger charge is -2.09. The second kappa shape index (κ2) is 7.25. The fourth-order valence-electron chi connectivity index (χ4n) is 1.11. The highest BCUT2D eigenvalue weighted by molar-refractivity contribution is 8.14. The Hall–Kier alpha value is -1.41. The van der Waals surface area contributed by atoms with Crippen molar-refractivity contribution < 1.29 is 30.4 Å². The van der Waals surface area contributed by atoms with E-state index in [9.17, 15) is 18.0 Å². The minimum absolute atomic E-state index is 0. The molecule has 0 atom stereocenters. The molecule has 0 saturated heterocycles. The molecule has 0 aliphatic heterocycles. The molecular formula is C10H10ClF3N3OS-. The molecule has 0 unspecified atom stereocenters. The van der Waals surface area contributed by atoms with Gasteiger partial charge in [-0.1, -0.05) is 17.8 Å². The molecule has 1 aromatic rings. The highest BCUT2D eigenvalue weighted by Gasteiger charge is 2.30. The number of carbonyl (C=O) groups is 1. The average Bonchev–Trinajstić information content (AvgIpc) is 2.25. The molecule has 9 heteroatoms. The van der Waals surface area contributed by atoms with Crippen LogP contribution in [0, 0.1) is 5.41 Å². The summed E-state index contributed by atoms with van der Waals surface area (Å²) in [7, 11) is 0. The number of amidine groups is 1. The Labute approximate surface area is 117 Å². The van der Waals surface area contributed by atoms with Crippen molar-refractivity contribution in [2.45, 2.75) is 6.18 Å². The fraction of sp³-hybridized carbons (Fsp3) is 0.200. The first-order chi connectivity index (χ1) is 8.29. The SMILES string of the molecule is N=C(N)SCC(=O)Nc1cccc(C(F)(F)F)c1.[Cl-]. The van der Waals surface area contributed by atoms with Gasteiger partial charge in [-0.15, -0.1) is 0 Å². The summed E-state index contributed by atoms with van der Waals surface area (Å²) in [6, 6.07) is 4.32. The number of carbonyl (C=O) groups excluding carboxylic acids is 1. The maximum absolute atomic E-state index is 12.4. The van der Waals surface area contributed by atoms with Gasteiger partial charge in [0.15, 0.2) is 5.17 Å². The predicted molar refractivity (Wildman–Crippen MR) is 64.4 cm³/mol. The summed E-state index contributed by atoms with van der Waals surface area (Å²) < 4.78 is 37.2. The summed E-state index contributed by atoms with van der Waals surface area (Å²) >= 11 is 0.795. The molecule has 1 rings (SSSR count). The van der Waals surface area contributed by atoms with Crippen LogP contribution in [0.25, 0.3) is 0 Å². The molecule has 0 fully saturated rings. The van der Waals surface area contributed by atoms with E-state index in [0.29, 0.717) is 0 Å². The Kier molecular flexibility index (Phi) is 6.71. The Balaban J connectivity index is 0.00000324. The molecule has 0 bridgehead atoms. The van der Waals surface area contributed by atoms with Crippen molar-refractivity contribution in [3.05, 3.63) is 29.8 Å². The van der Waals surface area contributed by atoms with Crippen LogP contribution in [0.3, 0.4) is 0 Å². The predicted octanol–water partition coefficient (Wildman–Crippen LogP) is -0.725. The van der Waals surface area contributed by atoms with Crippen molar-refractivity contribution in [2.75, 3.05) is 11.1 Å². The Morgan fingerprint density at radius 3 is 2.58 bits per heavy atom. The highest BCUT2D eigenvalue weighted by atomic mass is 35.5. The van der Waals surface area contributed by atoms with Crippen LogP contribution in [0.2, 0.25) is 0 Å². The van der Waals surface area contributed by atoms with E-state index < -0.39 is 17.6 Å². The normalized spacial score (nSPS) is 10.5. The number of benzene rings is 1. The van der Waals surface area contributed by atoms with Gasteiger partial charge in [0.2, 0.25) is 5.91 Å². The number of hydrogen-bond acceptors (Lipinski definition) is 3. The molecule has 0 aromatic heterocycles. The van der Waals surface area contributed by atoms with E-state index in [1.807, 2.05) is 0 Å². The molecule has 19 heavy (non-hydrogen) atoms. The van der Waals surface area contributed by atoms with Gasteiger partial charge in [-0.25, -0.2) is 0 Å². The smallest absolute Gasteiger partial charge is 0.416 e. The number of alkyl halides is 3. The number of halogens is 4. The van der Waals surface area contributed by atoms with Crippen molar-refractivity contribution in [3.63, 3.8) is 0 Å². The lowest BCUT2D eigenvalue weighted by atomic mass is 10.2. The molecule has 0 radical (unpaired) electrons. The molecule has 106 valence electrons. The Morgan fingerprint density at radius 1 is 1.42 bits per heavy atom. The number of anilines is 1. The third-order valence-electron chi connectivity index (χ3n) is 1.83. The second-order valence-corrected chi connectivity index (χ2v) is 4.30. The van der Waals surface area contributed by atoms with Crippen LogP contribution in [0.5, 0.6) is 0 Å². The lowest BCUT2D eigenvalue weighted by molar-refractivity contribution is -0.137. The minimum atomic E-state index is -4.45. The van der Waals surface area contributed by atoms with Crippen LogP contribution in [0.1, 0.15) is 5.56 Å². The number of thioether (sulfide) groups is 1. The van der Waals surface area contributed by atoms with E-state index in [2.05, 4.69) is 5.32 Å². The molecule has 4 nitrogen and oxygen atoms in total. The zero-order chi connectivity index (χ0) is 13.8. The van der Waals surface area contributed by atoms with Crippen molar-refractivity contribution in [1.82, 2.24) is 0 Å². The van der Waals surface area contributed by atoms with Crippen LogP contribution < -0.4 is 23.5 Å². The summed E-state index contributed by atoms with van der Waals surface area (Å²) in [5.74, 6) is -0.638.